The van der Waals surface area contributed by atoms with Crippen LogP contribution in [-0.2, 0) is 0 Å². The molecule has 1 saturated heterocycles. The SMILES string of the molecule is Cc1cc(Br)cc(C2CCCCN2)c1. The first-order valence-corrected chi connectivity index (χ1v) is 6.05. The summed E-state index contributed by atoms with van der Waals surface area (Å²) in [6.45, 7) is 3.31. The molecule has 1 nitrogen and oxygen atoms in total. The molecule has 14 heavy (non-hydrogen) atoms. The van der Waals surface area contributed by atoms with Crippen molar-refractivity contribution in [2.24, 2.45) is 0 Å². The third-order valence-corrected chi connectivity index (χ3v) is 3.23. The van der Waals surface area contributed by atoms with Crippen LogP contribution in [0.3, 0.4) is 0 Å². The molecule has 1 atom stereocenters. The predicted molar refractivity (Wildman–Crippen MR) is 63.5 cm³/mol. The van der Waals surface area contributed by atoms with Crippen LogP contribution >= 0.6 is 15.9 Å². The van der Waals surface area contributed by atoms with E-state index in [0.717, 1.165) is 6.54 Å². The number of benzene rings is 1. The summed E-state index contributed by atoms with van der Waals surface area (Å²) in [6.07, 6.45) is 3.95. The fraction of sp³-hybridized carbons (Fsp3) is 0.500. The van der Waals surface area contributed by atoms with Gasteiger partial charge in [-0.1, -0.05) is 28.4 Å². The highest BCUT2D eigenvalue weighted by atomic mass is 79.9. The lowest BCUT2D eigenvalue weighted by atomic mass is 9.96. The van der Waals surface area contributed by atoms with Crippen LogP contribution in [0.2, 0.25) is 0 Å². The Morgan fingerprint density at radius 1 is 1.29 bits per heavy atom. The van der Waals surface area contributed by atoms with Gasteiger partial charge >= 0.3 is 0 Å². The highest BCUT2D eigenvalue weighted by Gasteiger charge is 2.14. The summed E-state index contributed by atoms with van der Waals surface area (Å²) in [5.74, 6) is 0. The van der Waals surface area contributed by atoms with E-state index in [4.69, 9.17) is 0 Å². The lowest BCUT2D eigenvalue weighted by Gasteiger charge is -2.24. The minimum absolute atomic E-state index is 0.569. The normalized spacial score (nSPS) is 22.3. The van der Waals surface area contributed by atoms with E-state index in [1.165, 1.54) is 34.9 Å². The number of aryl methyl sites for hydroxylation is 1. The molecule has 0 aliphatic carbocycles. The van der Waals surface area contributed by atoms with Crippen molar-refractivity contribution in [3.8, 4) is 0 Å². The van der Waals surface area contributed by atoms with Gasteiger partial charge < -0.3 is 5.32 Å². The Bertz CT molecular complexity index is 296. The van der Waals surface area contributed by atoms with E-state index in [0.29, 0.717) is 6.04 Å². The Kier molecular flexibility index (Phi) is 3.24. The molecule has 1 unspecified atom stereocenters. The molecule has 0 spiro atoms. The maximum absolute atomic E-state index is 3.57. The molecule has 0 amide bonds. The summed E-state index contributed by atoms with van der Waals surface area (Å²) in [6, 6.07) is 7.25. The molecule has 1 aliphatic rings. The van der Waals surface area contributed by atoms with Gasteiger partial charge in [-0.25, -0.2) is 0 Å². The Balaban J connectivity index is 2.21. The second-order valence-electron chi connectivity index (χ2n) is 4.06. The van der Waals surface area contributed by atoms with Crippen molar-refractivity contribution in [2.45, 2.75) is 32.2 Å². The maximum Gasteiger partial charge on any atom is 0.0320 e. The van der Waals surface area contributed by atoms with Gasteiger partial charge in [-0.05, 0) is 49.6 Å². The van der Waals surface area contributed by atoms with Crippen LogP contribution in [0.1, 0.15) is 36.4 Å². The first-order chi connectivity index (χ1) is 6.75. The molecule has 76 valence electrons. The molecular weight excluding hydrogens is 238 g/mol. The Morgan fingerprint density at radius 3 is 2.79 bits per heavy atom. The number of hydrogen-bond donors (Lipinski definition) is 1. The van der Waals surface area contributed by atoms with Gasteiger partial charge in [0.1, 0.15) is 0 Å². The predicted octanol–water partition coefficient (Wildman–Crippen LogP) is 3.57. The van der Waals surface area contributed by atoms with Crippen molar-refractivity contribution >= 4 is 15.9 Å². The van der Waals surface area contributed by atoms with Crippen LogP contribution in [0.5, 0.6) is 0 Å². The van der Waals surface area contributed by atoms with Crippen molar-refractivity contribution in [1.29, 1.82) is 0 Å². The molecule has 2 rings (SSSR count). The van der Waals surface area contributed by atoms with Crippen LogP contribution in [0.15, 0.2) is 22.7 Å². The lowest BCUT2D eigenvalue weighted by molar-refractivity contribution is 0.412. The van der Waals surface area contributed by atoms with Gasteiger partial charge in [-0.3, -0.25) is 0 Å². The summed E-state index contributed by atoms with van der Waals surface area (Å²) in [4.78, 5) is 0. The first kappa shape index (κ1) is 10.2. The molecule has 1 fully saturated rings. The molecular formula is C12H16BrN. The summed E-state index contributed by atoms with van der Waals surface area (Å²) in [5.41, 5.74) is 2.76. The Morgan fingerprint density at radius 2 is 2.14 bits per heavy atom. The van der Waals surface area contributed by atoms with Crippen molar-refractivity contribution in [2.75, 3.05) is 6.54 Å². The van der Waals surface area contributed by atoms with E-state index in [9.17, 15) is 0 Å². The smallest absolute Gasteiger partial charge is 0.0320 e. The topological polar surface area (TPSA) is 12.0 Å². The largest absolute Gasteiger partial charge is 0.310 e. The molecule has 1 aliphatic heterocycles. The molecule has 1 aromatic rings. The summed E-state index contributed by atoms with van der Waals surface area (Å²) in [7, 11) is 0. The number of piperidine rings is 1. The third kappa shape index (κ3) is 2.37. The number of hydrogen-bond acceptors (Lipinski definition) is 1. The van der Waals surface area contributed by atoms with E-state index in [1.54, 1.807) is 0 Å². The van der Waals surface area contributed by atoms with Gasteiger partial charge in [0.15, 0.2) is 0 Å². The Hall–Kier alpha value is -0.340. The zero-order valence-electron chi connectivity index (χ0n) is 8.52. The minimum Gasteiger partial charge on any atom is -0.310 e. The summed E-state index contributed by atoms with van der Waals surface area (Å²) < 4.78 is 1.19. The van der Waals surface area contributed by atoms with Gasteiger partial charge in [0.2, 0.25) is 0 Å². The molecule has 0 bridgehead atoms. The number of nitrogens with one attached hydrogen (secondary N) is 1. The maximum atomic E-state index is 3.57. The monoisotopic (exact) mass is 253 g/mol. The fourth-order valence-corrected chi connectivity index (χ4v) is 2.73. The summed E-state index contributed by atoms with van der Waals surface area (Å²) in [5, 5.41) is 3.57. The quantitative estimate of drug-likeness (QED) is 0.807. The van der Waals surface area contributed by atoms with E-state index < -0.39 is 0 Å². The van der Waals surface area contributed by atoms with Gasteiger partial charge in [-0.2, -0.15) is 0 Å². The number of rotatable bonds is 1. The fourth-order valence-electron chi connectivity index (χ4n) is 2.10. The molecule has 0 aromatic heterocycles. The minimum atomic E-state index is 0.569. The van der Waals surface area contributed by atoms with Crippen LogP contribution in [0, 0.1) is 6.92 Å². The van der Waals surface area contributed by atoms with Gasteiger partial charge in [-0.15, -0.1) is 0 Å². The van der Waals surface area contributed by atoms with E-state index in [2.05, 4.69) is 46.4 Å². The molecule has 1 aromatic carbocycles. The van der Waals surface area contributed by atoms with Crippen LogP contribution in [0.25, 0.3) is 0 Å². The first-order valence-electron chi connectivity index (χ1n) is 5.26. The zero-order chi connectivity index (χ0) is 9.97. The molecule has 0 saturated carbocycles. The average Bonchev–Trinajstić information content (AvgIpc) is 2.18. The van der Waals surface area contributed by atoms with Crippen LogP contribution < -0.4 is 5.32 Å². The lowest BCUT2D eigenvalue weighted by Crippen LogP contribution is -2.26. The zero-order valence-corrected chi connectivity index (χ0v) is 10.1. The van der Waals surface area contributed by atoms with E-state index in [1.807, 2.05) is 0 Å². The molecule has 1 heterocycles. The highest BCUT2D eigenvalue weighted by molar-refractivity contribution is 9.10. The Labute approximate surface area is 94.0 Å². The standard InChI is InChI=1S/C12H16BrN/c1-9-6-10(8-11(13)7-9)12-4-2-3-5-14-12/h6-8,12,14H,2-5H2,1H3. The van der Waals surface area contributed by atoms with E-state index in [-0.39, 0.29) is 0 Å². The van der Waals surface area contributed by atoms with Crippen molar-refractivity contribution < 1.29 is 0 Å². The highest BCUT2D eigenvalue weighted by Crippen LogP contribution is 2.26. The molecule has 1 N–H and O–H groups in total. The second-order valence-corrected chi connectivity index (χ2v) is 4.98. The van der Waals surface area contributed by atoms with Gasteiger partial charge in [0, 0.05) is 10.5 Å². The molecule has 2 heteroatoms. The number of halogens is 1. The van der Waals surface area contributed by atoms with E-state index >= 15 is 0 Å². The van der Waals surface area contributed by atoms with Crippen molar-refractivity contribution in [3.63, 3.8) is 0 Å². The third-order valence-electron chi connectivity index (χ3n) is 2.78. The van der Waals surface area contributed by atoms with Crippen molar-refractivity contribution in [1.82, 2.24) is 5.32 Å². The average molecular weight is 254 g/mol. The molecule has 0 radical (unpaired) electrons. The van der Waals surface area contributed by atoms with Crippen molar-refractivity contribution in [3.05, 3.63) is 33.8 Å². The second kappa shape index (κ2) is 4.45. The van der Waals surface area contributed by atoms with Crippen LogP contribution in [0.4, 0.5) is 0 Å². The van der Waals surface area contributed by atoms with Gasteiger partial charge in [0.05, 0.1) is 0 Å². The van der Waals surface area contributed by atoms with Crippen LogP contribution in [-0.4, -0.2) is 6.54 Å². The van der Waals surface area contributed by atoms with Gasteiger partial charge in [0.25, 0.3) is 0 Å². The summed E-state index contributed by atoms with van der Waals surface area (Å²) >= 11 is 3.55.